The van der Waals surface area contributed by atoms with E-state index in [0.717, 1.165) is 12.1 Å². The van der Waals surface area contributed by atoms with Crippen LogP contribution in [0, 0.1) is 0 Å². The quantitative estimate of drug-likeness (QED) is 0.0517. The molecule has 0 saturated heterocycles. The van der Waals surface area contributed by atoms with Gasteiger partial charge >= 0.3 is 29.8 Å². The molecule has 0 amide bonds. The summed E-state index contributed by atoms with van der Waals surface area (Å²) in [5, 5.41) is 111. The highest BCUT2D eigenvalue weighted by Crippen LogP contribution is 2.43. The number of aromatic nitrogens is 1. The van der Waals surface area contributed by atoms with Gasteiger partial charge in [-0.3, -0.25) is 4.98 Å². The maximum Gasteiger partial charge on any atom is 0.343 e. The maximum atomic E-state index is 13.2. The zero-order valence-corrected chi connectivity index (χ0v) is 31.8. The van der Waals surface area contributed by atoms with E-state index in [2.05, 4.69) is 4.98 Å². The molecule has 0 aliphatic rings. The molecule has 0 aliphatic carbocycles. The van der Waals surface area contributed by atoms with Gasteiger partial charge in [0.1, 0.15) is 5.75 Å². The number of benzene rings is 5. The molecule has 1 heterocycles. The number of phenols is 11. The number of ether oxygens (including phenoxy) is 5. The summed E-state index contributed by atoms with van der Waals surface area (Å²) in [6.45, 7) is 0. The zero-order chi connectivity index (χ0) is 45.2. The third-order valence-electron chi connectivity index (χ3n) is 8.12. The summed E-state index contributed by atoms with van der Waals surface area (Å²) in [5.41, 5.74) is -3.02. The second kappa shape index (κ2) is 17.9. The average molecular weight is 892 g/mol. The second-order valence-corrected chi connectivity index (χ2v) is 12.4. The van der Waals surface area contributed by atoms with Crippen molar-refractivity contribution < 1.29 is 104 Å². The van der Waals surface area contributed by atoms with Crippen molar-refractivity contribution in [3.05, 3.63) is 113 Å². The fraction of sp³-hybridized carbons (Fsp3) is 0. The molecule has 0 spiro atoms. The Bertz CT molecular complexity index is 2820. The van der Waals surface area contributed by atoms with Crippen molar-refractivity contribution in [2.45, 2.75) is 0 Å². The van der Waals surface area contributed by atoms with E-state index in [1.54, 1.807) is 0 Å². The molecule has 23 heteroatoms. The van der Waals surface area contributed by atoms with E-state index >= 15 is 0 Å². The van der Waals surface area contributed by atoms with Gasteiger partial charge in [0.2, 0.25) is 23.0 Å². The lowest BCUT2D eigenvalue weighted by Crippen LogP contribution is -2.14. The highest BCUT2D eigenvalue weighted by atomic mass is 35.5. The van der Waals surface area contributed by atoms with Crippen LogP contribution < -0.4 is 23.7 Å². The van der Waals surface area contributed by atoms with Crippen molar-refractivity contribution in [2.24, 2.45) is 0 Å². The third-order valence-corrected chi connectivity index (χ3v) is 8.12. The minimum atomic E-state index is -1.50. The van der Waals surface area contributed by atoms with Crippen molar-refractivity contribution in [1.82, 2.24) is 4.98 Å². The van der Waals surface area contributed by atoms with E-state index in [1.807, 2.05) is 0 Å². The van der Waals surface area contributed by atoms with Crippen LogP contribution in [0.4, 0.5) is 0 Å². The molecular weight excluding hydrogens is 866 g/mol. The van der Waals surface area contributed by atoms with Crippen LogP contribution in [-0.2, 0) is 0 Å². The van der Waals surface area contributed by atoms with Crippen LogP contribution in [0.2, 0.25) is 0 Å². The van der Waals surface area contributed by atoms with E-state index in [0.29, 0.717) is 48.5 Å². The van der Waals surface area contributed by atoms with Gasteiger partial charge < -0.3 is 79.9 Å². The Morgan fingerprint density at radius 3 is 0.889 bits per heavy atom. The first-order chi connectivity index (χ1) is 29.3. The smallest absolute Gasteiger partial charge is 0.343 e. The first-order valence-corrected chi connectivity index (χ1v) is 16.8. The van der Waals surface area contributed by atoms with Gasteiger partial charge in [0.05, 0.1) is 34.0 Å². The molecule has 0 radical (unpaired) electrons. The van der Waals surface area contributed by atoms with Gasteiger partial charge in [-0.1, -0.05) is 0 Å². The Morgan fingerprint density at radius 2 is 0.619 bits per heavy atom. The number of carbonyl (C=O) groups is 5. The molecule has 0 aliphatic heterocycles. The average Bonchev–Trinajstić information content (AvgIpc) is 3.23. The number of halogens is 1. The monoisotopic (exact) mass is 891 g/mol. The minimum Gasteiger partial charge on any atom is -0.504 e. The number of hydrogen-bond acceptors (Lipinski definition) is 22. The Hall–Kier alpha value is -9.31. The topological polar surface area (TPSA) is 367 Å². The van der Waals surface area contributed by atoms with Gasteiger partial charge in [0.25, 0.3) is 0 Å². The first-order valence-electron chi connectivity index (χ1n) is 16.8. The van der Waals surface area contributed by atoms with Crippen molar-refractivity contribution in [2.75, 3.05) is 0 Å². The molecule has 11 N–H and O–H groups in total. The Morgan fingerprint density at radius 1 is 0.365 bits per heavy atom. The van der Waals surface area contributed by atoms with Gasteiger partial charge in [-0.05, 0) is 72.8 Å². The van der Waals surface area contributed by atoms with E-state index < -0.39 is 144 Å². The minimum absolute atomic E-state index is 0. The number of esters is 5. The molecule has 22 nitrogen and oxygen atoms in total. The van der Waals surface area contributed by atoms with Crippen LogP contribution in [0.5, 0.6) is 92.0 Å². The SMILES string of the molecule is Cl.O=C(Oc1cccnc1)c1cc(O)c(O)c(OC(=O)c2cc(O)c(O)c(OC(=O)c3cc(O)c(O)c(OC(=O)c4cc(O)c(O)c(OC(=O)c5cc(O)c(O)c(O)c5)c4)c3)c2)c1. The lowest BCUT2D eigenvalue weighted by Gasteiger charge is -2.13. The van der Waals surface area contributed by atoms with Gasteiger partial charge in [-0.15, -0.1) is 12.4 Å². The third kappa shape index (κ3) is 9.61. The van der Waals surface area contributed by atoms with Gasteiger partial charge in [-0.2, -0.15) is 0 Å². The van der Waals surface area contributed by atoms with E-state index in [1.165, 1.54) is 24.5 Å². The Kier molecular flexibility index (Phi) is 12.7. The summed E-state index contributed by atoms with van der Waals surface area (Å²) >= 11 is 0. The number of rotatable bonds is 10. The maximum absolute atomic E-state index is 13.2. The fourth-order valence-corrected chi connectivity index (χ4v) is 5.09. The number of pyridine rings is 1. The van der Waals surface area contributed by atoms with Crippen molar-refractivity contribution in [3.8, 4) is 92.0 Å². The normalized spacial score (nSPS) is 10.5. The molecular formula is C40H26ClNO21. The van der Waals surface area contributed by atoms with Crippen LogP contribution in [-0.4, -0.2) is 91.0 Å². The van der Waals surface area contributed by atoms with Gasteiger partial charge in [0, 0.05) is 6.20 Å². The van der Waals surface area contributed by atoms with Gasteiger partial charge in [0.15, 0.2) is 63.2 Å². The molecule has 0 saturated carbocycles. The lowest BCUT2D eigenvalue weighted by atomic mass is 10.1. The largest absolute Gasteiger partial charge is 0.504 e. The van der Waals surface area contributed by atoms with Crippen LogP contribution in [0.1, 0.15) is 51.8 Å². The number of hydrogen-bond donors (Lipinski definition) is 11. The summed E-state index contributed by atoms with van der Waals surface area (Å²) in [7, 11) is 0. The molecule has 0 fully saturated rings. The number of carbonyl (C=O) groups excluding carboxylic acids is 5. The van der Waals surface area contributed by atoms with Crippen molar-refractivity contribution in [3.63, 3.8) is 0 Å². The van der Waals surface area contributed by atoms with E-state index in [4.69, 9.17) is 23.7 Å². The predicted molar refractivity (Wildman–Crippen MR) is 207 cm³/mol. The molecule has 6 rings (SSSR count). The molecule has 6 aromatic rings. The van der Waals surface area contributed by atoms with Crippen LogP contribution in [0.3, 0.4) is 0 Å². The van der Waals surface area contributed by atoms with Crippen LogP contribution in [0.25, 0.3) is 0 Å². The lowest BCUT2D eigenvalue weighted by molar-refractivity contribution is 0.0700. The molecule has 1 aromatic heterocycles. The predicted octanol–water partition coefficient (Wildman–Crippen LogP) is 4.36. The molecule has 5 aromatic carbocycles. The number of nitrogens with zero attached hydrogens (tertiary/aromatic N) is 1. The standard InChI is InChI=1S/C40H25NO21.ClH/c42-21-4-15(5-22(43)31(21)48)37(54)59-28-11-17(7-24(45)33(28)50)39(56)61-30-13-19(9-26(47)35(30)52)40(57)62-29-12-18(8-25(46)34(29)51)38(55)60-27-10-16(6-23(44)32(27)49)36(53)58-20-2-1-3-41-14-20;/h1-14,42-52H;1H. The van der Waals surface area contributed by atoms with Crippen LogP contribution >= 0.6 is 12.4 Å². The summed E-state index contributed by atoms with van der Waals surface area (Å²) in [5.74, 6) is -21.6. The highest BCUT2D eigenvalue weighted by Gasteiger charge is 2.26. The molecule has 63 heavy (non-hydrogen) atoms. The second-order valence-electron chi connectivity index (χ2n) is 12.4. The van der Waals surface area contributed by atoms with Crippen molar-refractivity contribution in [1.29, 1.82) is 0 Å². The highest BCUT2D eigenvalue weighted by molar-refractivity contribution is 5.98. The molecule has 0 bridgehead atoms. The number of phenolic OH excluding ortho intramolecular Hbond substituents is 11. The summed E-state index contributed by atoms with van der Waals surface area (Å²) in [6.07, 6.45) is 2.61. The number of aromatic hydroxyl groups is 11. The summed E-state index contributed by atoms with van der Waals surface area (Å²) in [4.78, 5) is 68.5. The zero-order valence-electron chi connectivity index (χ0n) is 30.9. The van der Waals surface area contributed by atoms with Crippen LogP contribution in [0.15, 0.2) is 85.2 Å². The van der Waals surface area contributed by atoms with E-state index in [-0.39, 0.29) is 18.2 Å². The first kappa shape index (κ1) is 44.8. The summed E-state index contributed by atoms with van der Waals surface area (Å²) < 4.78 is 25.3. The summed E-state index contributed by atoms with van der Waals surface area (Å²) in [6, 6.07) is 9.69. The Labute approximate surface area is 355 Å². The van der Waals surface area contributed by atoms with Crippen molar-refractivity contribution >= 4 is 42.3 Å². The Balaban J connectivity index is 0.00000748. The molecule has 0 unspecified atom stereocenters. The fourth-order valence-electron chi connectivity index (χ4n) is 5.09. The molecule has 0 atom stereocenters. The van der Waals surface area contributed by atoms with E-state index in [9.17, 15) is 80.1 Å². The van der Waals surface area contributed by atoms with Gasteiger partial charge in [-0.25, -0.2) is 24.0 Å². The molecule has 324 valence electrons.